The van der Waals surface area contributed by atoms with E-state index < -0.39 is 26.9 Å². The zero-order chi connectivity index (χ0) is 26.3. The summed E-state index contributed by atoms with van der Waals surface area (Å²) < 4.78 is 59.8. The molecule has 36 heavy (non-hydrogen) atoms. The monoisotopic (exact) mass is 525 g/mol. The molecule has 1 saturated heterocycles. The predicted octanol–water partition coefficient (Wildman–Crippen LogP) is 3.71. The largest absolute Gasteiger partial charge is 0.490 e. The molecule has 194 valence electrons. The van der Waals surface area contributed by atoms with Gasteiger partial charge < -0.3 is 10.0 Å². The quantitative estimate of drug-likeness (QED) is 0.655. The molecule has 0 radical (unpaired) electrons. The van der Waals surface area contributed by atoms with Crippen molar-refractivity contribution in [3.63, 3.8) is 0 Å². The number of carbonyl (C=O) groups is 2. The molecule has 1 spiro atoms. The molecule has 0 unspecified atom stereocenters. The van der Waals surface area contributed by atoms with E-state index in [0.717, 1.165) is 29.7 Å². The minimum Gasteiger partial charge on any atom is -0.475 e. The number of alkyl halides is 3. The maximum absolute atomic E-state index is 13.7. The molecule has 0 bridgehead atoms. The standard InChI is InChI=1S/C22H25N3O3S.C2HF3O2/c1-16-6-9-19(23-14-16)21(26)24-12-10-22(11-13-24)18-4-2-3-5-20(18)25(29(22,27)28)15-17-7-8-17;3-2(4,5)1(6)7/h2-6,9,14,17H,7-8,10-13,15H2,1H3;(H,6,7). The Morgan fingerprint density at radius 2 is 1.72 bits per heavy atom. The van der Waals surface area contributed by atoms with Crippen LogP contribution in [0.25, 0.3) is 0 Å². The molecule has 3 aliphatic rings. The van der Waals surface area contributed by atoms with E-state index in [4.69, 9.17) is 9.90 Å². The number of para-hydroxylation sites is 1. The second-order valence-electron chi connectivity index (χ2n) is 9.31. The number of amides is 1. The summed E-state index contributed by atoms with van der Waals surface area (Å²) in [5.74, 6) is -2.41. The summed E-state index contributed by atoms with van der Waals surface area (Å²) in [4.78, 5) is 27.7. The van der Waals surface area contributed by atoms with Crippen LogP contribution in [0, 0.1) is 12.8 Å². The molecule has 1 saturated carbocycles. The van der Waals surface area contributed by atoms with Gasteiger partial charge in [-0.15, -0.1) is 0 Å². The summed E-state index contributed by atoms with van der Waals surface area (Å²) in [5, 5.41) is 7.12. The number of carboxylic acids is 1. The highest BCUT2D eigenvalue weighted by molar-refractivity contribution is 7.94. The van der Waals surface area contributed by atoms with Crippen LogP contribution in [0.3, 0.4) is 0 Å². The van der Waals surface area contributed by atoms with Crippen molar-refractivity contribution in [1.82, 2.24) is 9.88 Å². The normalized spacial score (nSPS) is 19.9. The van der Waals surface area contributed by atoms with E-state index in [1.807, 2.05) is 37.3 Å². The molecule has 2 aliphatic heterocycles. The topological polar surface area (TPSA) is 108 Å². The number of aliphatic carboxylic acids is 1. The predicted molar refractivity (Wildman–Crippen MR) is 125 cm³/mol. The molecule has 8 nitrogen and oxygen atoms in total. The number of aryl methyl sites for hydroxylation is 1. The van der Waals surface area contributed by atoms with Crippen LogP contribution in [-0.2, 0) is 19.6 Å². The van der Waals surface area contributed by atoms with Crippen LogP contribution in [0.4, 0.5) is 18.9 Å². The Morgan fingerprint density at radius 1 is 1.11 bits per heavy atom. The molecule has 12 heteroatoms. The van der Waals surface area contributed by atoms with Crippen LogP contribution in [0.5, 0.6) is 0 Å². The van der Waals surface area contributed by atoms with Crippen LogP contribution in [0.1, 0.15) is 47.3 Å². The summed E-state index contributed by atoms with van der Waals surface area (Å²) in [6.07, 6.45) is -0.345. The van der Waals surface area contributed by atoms with Gasteiger partial charge in [-0.2, -0.15) is 13.2 Å². The van der Waals surface area contributed by atoms with Crippen molar-refractivity contribution in [3.05, 3.63) is 59.4 Å². The number of sulfonamides is 1. The second kappa shape index (κ2) is 9.38. The lowest BCUT2D eigenvalue weighted by Crippen LogP contribution is -2.50. The fraction of sp³-hybridized carbons (Fsp3) is 0.458. The highest BCUT2D eigenvalue weighted by Gasteiger charge is 2.57. The summed E-state index contributed by atoms with van der Waals surface area (Å²) in [6.45, 7) is 3.34. The van der Waals surface area contributed by atoms with E-state index in [9.17, 15) is 26.4 Å². The zero-order valence-electron chi connectivity index (χ0n) is 19.5. The van der Waals surface area contributed by atoms with E-state index in [2.05, 4.69) is 4.98 Å². The number of carboxylic acid groups (broad SMARTS) is 1. The van der Waals surface area contributed by atoms with Crippen LogP contribution >= 0.6 is 0 Å². The number of hydrogen-bond acceptors (Lipinski definition) is 5. The van der Waals surface area contributed by atoms with Crippen molar-refractivity contribution < 1.29 is 36.3 Å². The average Bonchev–Trinajstić information content (AvgIpc) is 3.64. The average molecular weight is 526 g/mol. The Kier molecular flexibility index (Phi) is 6.76. The first-order valence-electron chi connectivity index (χ1n) is 11.5. The van der Waals surface area contributed by atoms with Gasteiger partial charge in [0.15, 0.2) is 0 Å². The molecule has 3 heterocycles. The smallest absolute Gasteiger partial charge is 0.475 e. The van der Waals surface area contributed by atoms with Crippen LogP contribution in [0.15, 0.2) is 42.6 Å². The maximum atomic E-state index is 13.7. The number of nitrogens with zero attached hydrogens (tertiary/aromatic N) is 3. The molecule has 1 aliphatic carbocycles. The van der Waals surface area contributed by atoms with Gasteiger partial charge in [-0.25, -0.2) is 13.2 Å². The summed E-state index contributed by atoms with van der Waals surface area (Å²) in [7, 11) is -3.50. The lowest BCUT2D eigenvalue weighted by Gasteiger charge is -2.39. The van der Waals surface area contributed by atoms with Gasteiger partial charge in [0.25, 0.3) is 5.91 Å². The fourth-order valence-corrected chi connectivity index (χ4v) is 7.04. The number of fused-ring (bicyclic) bond motifs is 2. The van der Waals surface area contributed by atoms with Gasteiger partial charge in [-0.1, -0.05) is 24.3 Å². The summed E-state index contributed by atoms with van der Waals surface area (Å²) in [6, 6.07) is 11.3. The van der Waals surface area contributed by atoms with E-state index in [-0.39, 0.29) is 5.91 Å². The lowest BCUT2D eigenvalue weighted by molar-refractivity contribution is -0.192. The SMILES string of the molecule is Cc1ccc(C(=O)N2CCC3(CC2)c2ccccc2N(CC2CC2)S3(=O)=O)nc1.O=C(O)C(F)(F)F. The van der Waals surface area contributed by atoms with Crippen molar-refractivity contribution in [1.29, 1.82) is 0 Å². The van der Waals surface area contributed by atoms with Gasteiger partial charge in [0.1, 0.15) is 10.4 Å². The lowest BCUT2D eigenvalue weighted by atomic mass is 9.87. The molecular formula is C24H26F3N3O5S. The Labute approximate surface area is 206 Å². The molecule has 1 amide bonds. The number of rotatable bonds is 3. The minimum atomic E-state index is -5.08. The second-order valence-corrected chi connectivity index (χ2v) is 11.5. The Bertz CT molecular complexity index is 1250. The maximum Gasteiger partial charge on any atom is 0.490 e. The molecular weight excluding hydrogens is 499 g/mol. The van der Waals surface area contributed by atoms with Crippen LogP contribution in [0.2, 0.25) is 0 Å². The number of likely N-dealkylation sites (tertiary alicyclic amines) is 1. The van der Waals surface area contributed by atoms with E-state index in [1.54, 1.807) is 21.5 Å². The number of aromatic nitrogens is 1. The summed E-state index contributed by atoms with van der Waals surface area (Å²) >= 11 is 0. The fourth-order valence-electron chi connectivity index (χ4n) is 4.64. The van der Waals surface area contributed by atoms with Crippen molar-refractivity contribution >= 4 is 27.6 Å². The van der Waals surface area contributed by atoms with Crippen molar-refractivity contribution in [3.8, 4) is 0 Å². The molecule has 0 atom stereocenters. The Hall–Kier alpha value is -3.15. The van der Waals surface area contributed by atoms with E-state index in [0.29, 0.717) is 44.1 Å². The Balaban J connectivity index is 0.000000384. The number of hydrogen-bond donors (Lipinski definition) is 1. The third-order valence-corrected chi connectivity index (χ3v) is 9.34. The molecule has 1 N–H and O–H groups in total. The first kappa shape index (κ1) is 25.9. The van der Waals surface area contributed by atoms with E-state index >= 15 is 0 Å². The van der Waals surface area contributed by atoms with Gasteiger partial charge in [-0.3, -0.25) is 14.1 Å². The van der Waals surface area contributed by atoms with Crippen molar-refractivity contribution in [2.75, 3.05) is 23.9 Å². The van der Waals surface area contributed by atoms with E-state index in [1.165, 1.54) is 0 Å². The number of carbonyl (C=O) groups excluding carboxylic acids is 1. The highest BCUT2D eigenvalue weighted by Crippen LogP contribution is 2.53. The molecule has 2 fully saturated rings. The number of benzene rings is 1. The third-order valence-electron chi connectivity index (χ3n) is 6.80. The first-order chi connectivity index (χ1) is 16.9. The highest BCUT2D eigenvalue weighted by atomic mass is 32.2. The minimum absolute atomic E-state index is 0.127. The molecule has 1 aromatic carbocycles. The molecule has 2 aromatic rings. The van der Waals surface area contributed by atoms with Crippen molar-refractivity contribution in [2.45, 2.75) is 43.5 Å². The summed E-state index contributed by atoms with van der Waals surface area (Å²) in [5.41, 5.74) is 3.15. The van der Waals surface area contributed by atoms with Crippen molar-refractivity contribution in [2.24, 2.45) is 5.92 Å². The van der Waals surface area contributed by atoms with Gasteiger partial charge in [0.2, 0.25) is 10.0 Å². The van der Waals surface area contributed by atoms with Gasteiger partial charge >= 0.3 is 12.1 Å². The van der Waals surface area contributed by atoms with Gasteiger partial charge in [-0.05, 0) is 61.8 Å². The number of piperidine rings is 1. The molecule has 5 rings (SSSR count). The third kappa shape index (κ3) is 4.78. The Morgan fingerprint density at radius 3 is 2.25 bits per heavy atom. The van der Waals surface area contributed by atoms with Crippen LogP contribution in [-0.4, -0.2) is 61.1 Å². The molecule has 1 aromatic heterocycles. The zero-order valence-corrected chi connectivity index (χ0v) is 20.3. The van der Waals surface area contributed by atoms with Crippen LogP contribution < -0.4 is 4.31 Å². The van der Waals surface area contributed by atoms with Gasteiger partial charge in [0.05, 0.1) is 5.69 Å². The number of halogens is 3. The number of anilines is 1. The first-order valence-corrected chi connectivity index (χ1v) is 12.9. The number of pyridine rings is 1. The van der Waals surface area contributed by atoms with Gasteiger partial charge in [0, 0.05) is 25.8 Å².